The first-order chi connectivity index (χ1) is 7.01. The molecule has 2 unspecified atom stereocenters. The van der Waals surface area contributed by atoms with E-state index in [9.17, 15) is 13.2 Å². The number of alkyl halides is 3. The Hall–Kier alpha value is -0.290. The third-order valence-electron chi connectivity index (χ3n) is 2.75. The van der Waals surface area contributed by atoms with E-state index in [2.05, 4.69) is 5.32 Å². The smallest absolute Gasteiger partial charge is 0.378 e. The van der Waals surface area contributed by atoms with Gasteiger partial charge in [-0.05, 0) is 32.7 Å². The Morgan fingerprint density at radius 3 is 2.60 bits per heavy atom. The van der Waals surface area contributed by atoms with Gasteiger partial charge in [-0.2, -0.15) is 13.2 Å². The van der Waals surface area contributed by atoms with Crippen LogP contribution in [0.4, 0.5) is 13.2 Å². The number of hydrogen-bond donors (Lipinski definition) is 1. The molecule has 5 heteroatoms. The molecule has 2 nitrogen and oxygen atoms in total. The van der Waals surface area contributed by atoms with Crippen LogP contribution in [0.2, 0.25) is 0 Å². The van der Waals surface area contributed by atoms with Gasteiger partial charge in [-0.25, -0.2) is 0 Å². The maximum absolute atomic E-state index is 11.8. The Morgan fingerprint density at radius 2 is 2.07 bits per heavy atom. The van der Waals surface area contributed by atoms with Gasteiger partial charge < -0.3 is 10.1 Å². The van der Waals surface area contributed by atoms with Gasteiger partial charge in [-0.3, -0.25) is 0 Å². The monoisotopic (exact) mass is 225 g/mol. The summed E-state index contributed by atoms with van der Waals surface area (Å²) < 4.78 is 40.8. The summed E-state index contributed by atoms with van der Waals surface area (Å²) >= 11 is 0. The van der Waals surface area contributed by atoms with Gasteiger partial charge in [0.1, 0.15) is 0 Å². The van der Waals surface area contributed by atoms with Gasteiger partial charge in [0.15, 0.2) is 0 Å². The molecule has 90 valence electrons. The van der Waals surface area contributed by atoms with E-state index in [1.54, 1.807) is 0 Å². The molecule has 1 aliphatic rings. The van der Waals surface area contributed by atoms with E-state index in [0.29, 0.717) is 6.04 Å². The van der Waals surface area contributed by atoms with Crippen LogP contribution in [0.25, 0.3) is 0 Å². The fourth-order valence-corrected chi connectivity index (χ4v) is 1.88. The minimum absolute atomic E-state index is 0.0736. The summed E-state index contributed by atoms with van der Waals surface area (Å²) in [5, 5.41) is 3.15. The molecule has 0 amide bonds. The number of rotatable bonds is 5. The van der Waals surface area contributed by atoms with Crippen molar-refractivity contribution in [2.24, 2.45) is 0 Å². The number of halogens is 3. The van der Waals surface area contributed by atoms with E-state index in [0.717, 1.165) is 19.3 Å². The molecule has 0 aromatic heterocycles. The molecule has 2 atom stereocenters. The van der Waals surface area contributed by atoms with E-state index in [-0.39, 0.29) is 19.1 Å². The average Bonchev–Trinajstić information content (AvgIpc) is 2.59. The van der Waals surface area contributed by atoms with Crippen LogP contribution in [-0.4, -0.2) is 32.0 Å². The van der Waals surface area contributed by atoms with Crippen molar-refractivity contribution in [1.82, 2.24) is 5.32 Å². The molecule has 0 aromatic rings. The number of nitrogens with one attached hydrogen (secondary N) is 1. The summed E-state index contributed by atoms with van der Waals surface area (Å²) in [4.78, 5) is 0. The molecule has 0 saturated heterocycles. The first-order valence-electron chi connectivity index (χ1n) is 5.37. The number of ether oxygens (including phenoxy) is 1. The van der Waals surface area contributed by atoms with Crippen molar-refractivity contribution < 1.29 is 17.9 Å². The zero-order chi connectivity index (χ0) is 11.3. The summed E-state index contributed by atoms with van der Waals surface area (Å²) in [7, 11) is 1.90. The van der Waals surface area contributed by atoms with Crippen molar-refractivity contribution in [3.05, 3.63) is 0 Å². The van der Waals surface area contributed by atoms with E-state index in [1.165, 1.54) is 0 Å². The molecular formula is C10H18F3NO. The van der Waals surface area contributed by atoms with Gasteiger partial charge in [0.25, 0.3) is 0 Å². The Balaban J connectivity index is 2.02. The van der Waals surface area contributed by atoms with Crippen LogP contribution >= 0.6 is 0 Å². The highest BCUT2D eigenvalue weighted by atomic mass is 19.4. The topological polar surface area (TPSA) is 21.3 Å². The van der Waals surface area contributed by atoms with Crippen molar-refractivity contribution in [3.8, 4) is 0 Å². The maximum atomic E-state index is 11.8. The van der Waals surface area contributed by atoms with E-state index >= 15 is 0 Å². The number of hydrogen-bond acceptors (Lipinski definition) is 2. The van der Waals surface area contributed by atoms with Crippen LogP contribution in [0.15, 0.2) is 0 Å². The molecule has 1 fully saturated rings. The lowest BCUT2D eigenvalue weighted by Gasteiger charge is -2.12. The van der Waals surface area contributed by atoms with Crippen molar-refractivity contribution >= 4 is 0 Å². The first-order valence-corrected chi connectivity index (χ1v) is 5.37. The van der Waals surface area contributed by atoms with Crippen molar-refractivity contribution in [2.45, 2.75) is 50.4 Å². The van der Waals surface area contributed by atoms with Gasteiger partial charge in [-0.15, -0.1) is 0 Å². The molecule has 1 rings (SSSR count). The molecule has 0 radical (unpaired) electrons. The molecule has 0 heterocycles. The normalized spacial score (nSPS) is 27.2. The van der Waals surface area contributed by atoms with Gasteiger partial charge in [0, 0.05) is 19.1 Å². The van der Waals surface area contributed by atoms with E-state index in [1.807, 2.05) is 7.05 Å². The van der Waals surface area contributed by atoms with Crippen LogP contribution in [0, 0.1) is 0 Å². The fourth-order valence-electron chi connectivity index (χ4n) is 1.88. The Labute approximate surface area is 88.2 Å². The molecule has 15 heavy (non-hydrogen) atoms. The van der Waals surface area contributed by atoms with Gasteiger partial charge in [0.05, 0.1) is 6.10 Å². The summed E-state index contributed by atoms with van der Waals surface area (Å²) in [6.45, 7) is 0.223. The largest absolute Gasteiger partial charge is 0.389 e. The zero-order valence-electron chi connectivity index (χ0n) is 8.94. The van der Waals surface area contributed by atoms with Gasteiger partial charge in [-0.1, -0.05) is 0 Å². The molecule has 1 N–H and O–H groups in total. The third-order valence-corrected chi connectivity index (χ3v) is 2.75. The van der Waals surface area contributed by atoms with Crippen LogP contribution in [0.3, 0.4) is 0 Å². The van der Waals surface area contributed by atoms with E-state index < -0.39 is 12.6 Å². The Kier molecular flexibility index (Phi) is 4.86. The van der Waals surface area contributed by atoms with E-state index in [4.69, 9.17) is 4.74 Å². The zero-order valence-corrected chi connectivity index (χ0v) is 8.94. The first kappa shape index (κ1) is 12.8. The fraction of sp³-hybridized carbons (Fsp3) is 1.00. The van der Waals surface area contributed by atoms with Crippen LogP contribution in [0.1, 0.15) is 32.1 Å². The molecule has 1 saturated carbocycles. The maximum Gasteiger partial charge on any atom is 0.389 e. The third kappa shape index (κ3) is 5.37. The van der Waals surface area contributed by atoms with Crippen molar-refractivity contribution in [3.63, 3.8) is 0 Å². The standard InChI is InChI=1S/C10H18F3NO/c1-14-8-3-4-9(7-8)15-6-2-5-10(11,12)13/h8-9,14H,2-7H2,1H3. The highest BCUT2D eigenvalue weighted by Crippen LogP contribution is 2.24. The molecule has 0 aliphatic heterocycles. The molecular weight excluding hydrogens is 207 g/mol. The lowest BCUT2D eigenvalue weighted by Crippen LogP contribution is -2.23. The molecule has 0 spiro atoms. The summed E-state index contributed by atoms with van der Waals surface area (Å²) in [6, 6.07) is 0.470. The lowest BCUT2D eigenvalue weighted by molar-refractivity contribution is -0.138. The Bertz CT molecular complexity index is 184. The average molecular weight is 225 g/mol. The second-order valence-corrected chi connectivity index (χ2v) is 4.01. The lowest BCUT2D eigenvalue weighted by atomic mass is 10.2. The SMILES string of the molecule is CNC1CCC(OCCCC(F)(F)F)C1. The van der Waals surface area contributed by atoms with Gasteiger partial charge >= 0.3 is 6.18 Å². The minimum Gasteiger partial charge on any atom is -0.378 e. The predicted molar refractivity (Wildman–Crippen MR) is 51.7 cm³/mol. The minimum atomic E-state index is -4.05. The summed E-state index contributed by atoms with van der Waals surface area (Å²) in [5.74, 6) is 0. The van der Waals surface area contributed by atoms with Crippen LogP contribution in [0.5, 0.6) is 0 Å². The Morgan fingerprint density at radius 1 is 1.33 bits per heavy atom. The highest BCUT2D eigenvalue weighted by molar-refractivity contribution is 4.79. The van der Waals surface area contributed by atoms with Crippen LogP contribution < -0.4 is 5.32 Å². The molecule has 0 aromatic carbocycles. The van der Waals surface area contributed by atoms with Crippen LogP contribution in [-0.2, 0) is 4.74 Å². The summed E-state index contributed by atoms with van der Waals surface area (Å²) in [5.41, 5.74) is 0. The second-order valence-electron chi connectivity index (χ2n) is 4.01. The van der Waals surface area contributed by atoms with Crippen molar-refractivity contribution in [1.29, 1.82) is 0 Å². The van der Waals surface area contributed by atoms with Crippen molar-refractivity contribution in [2.75, 3.05) is 13.7 Å². The van der Waals surface area contributed by atoms with Gasteiger partial charge in [0.2, 0.25) is 0 Å². The second kappa shape index (κ2) is 5.70. The predicted octanol–water partition coefficient (Wildman–Crippen LogP) is 2.49. The highest BCUT2D eigenvalue weighted by Gasteiger charge is 2.27. The molecule has 0 bridgehead atoms. The molecule has 1 aliphatic carbocycles. The quantitative estimate of drug-likeness (QED) is 0.726. The summed E-state index contributed by atoms with van der Waals surface area (Å²) in [6.07, 6.45) is -1.64.